The Hall–Kier alpha value is -2.11. The van der Waals surface area contributed by atoms with E-state index in [0.717, 1.165) is 5.56 Å². The van der Waals surface area contributed by atoms with Gasteiger partial charge in [-0.2, -0.15) is 0 Å². The number of carbonyl (C=O) groups is 2. The van der Waals surface area contributed by atoms with Gasteiger partial charge in [-0.3, -0.25) is 4.79 Å². The molecule has 3 amide bonds. The summed E-state index contributed by atoms with van der Waals surface area (Å²) in [7, 11) is 3.48. The second-order valence-corrected chi connectivity index (χ2v) is 5.65. The molecule has 1 aliphatic rings. The lowest BCUT2D eigenvalue weighted by Gasteiger charge is -2.32. The lowest BCUT2D eigenvalue weighted by Crippen LogP contribution is -2.45. The molecule has 1 aliphatic heterocycles. The first-order chi connectivity index (χ1) is 9.97. The highest BCUT2D eigenvalue weighted by Gasteiger charge is 2.28. The average Bonchev–Trinajstić information content (AvgIpc) is 2.46. The molecule has 0 aromatic carbocycles. The van der Waals surface area contributed by atoms with E-state index in [2.05, 4.69) is 10.3 Å². The van der Waals surface area contributed by atoms with Crippen molar-refractivity contribution in [3.8, 4) is 0 Å². The Morgan fingerprint density at radius 2 is 2.00 bits per heavy atom. The van der Waals surface area contributed by atoms with Gasteiger partial charge >= 0.3 is 6.03 Å². The molecule has 114 valence electrons. The van der Waals surface area contributed by atoms with E-state index in [4.69, 9.17) is 0 Å². The van der Waals surface area contributed by atoms with Gasteiger partial charge in [-0.05, 0) is 37.5 Å². The minimum absolute atomic E-state index is 0.00853. The van der Waals surface area contributed by atoms with Gasteiger partial charge in [0, 0.05) is 39.3 Å². The van der Waals surface area contributed by atoms with Gasteiger partial charge in [0.1, 0.15) is 5.82 Å². The Labute approximate surface area is 125 Å². The first-order valence-corrected chi connectivity index (χ1v) is 7.17. The Morgan fingerprint density at radius 1 is 1.33 bits per heavy atom. The maximum atomic E-state index is 12.2. The van der Waals surface area contributed by atoms with Crippen LogP contribution in [0.1, 0.15) is 18.4 Å². The summed E-state index contributed by atoms with van der Waals surface area (Å²) in [6, 6.07) is 3.75. The van der Waals surface area contributed by atoms with Crippen molar-refractivity contribution in [1.82, 2.24) is 14.8 Å². The standard InChI is InChI=1S/C15H22N4O2/c1-11-4-7-16-13(10-11)17-14(20)12-5-8-19(9-6-12)15(21)18(2)3/h4,7,10,12H,5-6,8-9H2,1-3H3,(H,16,17,20). The average molecular weight is 290 g/mol. The summed E-state index contributed by atoms with van der Waals surface area (Å²) >= 11 is 0. The Bertz CT molecular complexity index is 522. The first-order valence-electron chi connectivity index (χ1n) is 7.17. The summed E-state index contributed by atoms with van der Waals surface area (Å²) in [6.45, 7) is 3.20. The van der Waals surface area contributed by atoms with E-state index in [0.29, 0.717) is 31.7 Å². The third kappa shape index (κ3) is 3.93. The van der Waals surface area contributed by atoms with Crippen molar-refractivity contribution in [2.24, 2.45) is 5.92 Å². The Balaban J connectivity index is 1.87. The fourth-order valence-electron chi connectivity index (χ4n) is 2.45. The second kappa shape index (κ2) is 6.56. The third-order valence-electron chi connectivity index (χ3n) is 3.69. The zero-order valence-electron chi connectivity index (χ0n) is 12.8. The van der Waals surface area contributed by atoms with Crippen LogP contribution in [0.2, 0.25) is 0 Å². The van der Waals surface area contributed by atoms with Crippen LogP contribution in [-0.4, -0.2) is 53.9 Å². The fourth-order valence-corrected chi connectivity index (χ4v) is 2.45. The first kappa shape index (κ1) is 15.3. The van der Waals surface area contributed by atoms with Gasteiger partial charge in [-0.25, -0.2) is 9.78 Å². The zero-order valence-corrected chi connectivity index (χ0v) is 12.8. The number of carbonyl (C=O) groups excluding carboxylic acids is 2. The molecule has 2 rings (SSSR count). The van der Waals surface area contributed by atoms with Crippen molar-refractivity contribution >= 4 is 17.8 Å². The molecule has 6 nitrogen and oxygen atoms in total. The van der Waals surface area contributed by atoms with Crippen LogP contribution in [0.15, 0.2) is 18.3 Å². The van der Waals surface area contributed by atoms with Crippen LogP contribution in [0, 0.1) is 12.8 Å². The summed E-state index contributed by atoms with van der Waals surface area (Å²) < 4.78 is 0. The van der Waals surface area contributed by atoms with Crippen molar-refractivity contribution < 1.29 is 9.59 Å². The lowest BCUT2D eigenvalue weighted by atomic mass is 9.96. The predicted octanol–water partition coefficient (Wildman–Crippen LogP) is 1.72. The molecule has 1 aromatic rings. The molecule has 21 heavy (non-hydrogen) atoms. The number of amides is 3. The van der Waals surface area contributed by atoms with Crippen molar-refractivity contribution in [1.29, 1.82) is 0 Å². The number of aryl methyl sites for hydroxylation is 1. The molecular weight excluding hydrogens is 268 g/mol. The van der Waals surface area contributed by atoms with Gasteiger partial charge < -0.3 is 15.1 Å². The molecule has 1 aromatic heterocycles. The molecule has 1 N–H and O–H groups in total. The minimum atomic E-state index is -0.0569. The molecule has 1 saturated heterocycles. The Morgan fingerprint density at radius 3 is 2.57 bits per heavy atom. The molecular formula is C15H22N4O2. The molecule has 2 heterocycles. The number of likely N-dealkylation sites (tertiary alicyclic amines) is 1. The number of hydrogen-bond donors (Lipinski definition) is 1. The molecule has 0 saturated carbocycles. The number of rotatable bonds is 2. The quantitative estimate of drug-likeness (QED) is 0.902. The smallest absolute Gasteiger partial charge is 0.319 e. The number of aromatic nitrogens is 1. The van der Waals surface area contributed by atoms with Gasteiger partial charge in [0.2, 0.25) is 5.91 Å². The lowest BCUT2D eigenvalue weighted by molar-refractivity contribution is -0.121. The van der Waals surface area contributed by atoms with E-state index in [1.807, 2.05) is 19.1 Å². The number of urea groups is 1. The summed E-state index contributed by atoms with van der Waals surface area (Å²) in [5.74, 6) is 0.523. The number of nitrogens with one attached hydrogen (secondary N) is 1. The summed E-state index contributed by atoms with van der Waals surface area (Å²) in [5.41, 5.74) is 1.06. The molecule has 1 fully saturated rings. The van der Waals surface area contributed by atoms with Gasteiger partial charge in [-0.1, -0.05) is 0 Å². The van der Waals surface area contributed by atoms with Crippen LogP contribution in [-0.2, 0) is 4.79 Å². The van der Waals surface area contributed by atoms with E-state index in [-0.39, 0.29) is 17.9 Å². The largest absolute Gasteiger partial charge is 0.331 e. The monoisotopic (exact) mass is 290 g/mol. The summed E-state index contributed by atoms with van der Waals surface area (Å²) in [4.78, 5) is 31.6. The maximum Gasteiger partial charge on any atom is 0.319 e. The zero-order chi connectivity index (χ0) is 15.4. The second-order valence-electron chi connectivity index (χ2n) is 5.65. The number of pyridine rings is 1. The number of nitrogens with zero attached hydrogens (tertiary/aromatic N) is 3. The van der Waals surface area contributed by atoms with Crippen LogP contribution in [0.3, 0.4) is 0 Å². The van der Waals surface area contributed by atoms with Gasteiger partial charge in [0.25, 0.3) is 0 Å². The molecule has 0 atom stereocenters. The van der Waals surface area contributed by atoms with Crippen molar-refractivity contribution in [2.75, 3.05) is 32.5 Å². The molecule has 0 bridgehead atoms. The van der Waals surface area contributed by atoms with Gasteiger partial charge in [0.15, 0.2) is 0 Å². The third-order valence-corrected chi connectivity index (χ3v) is 3.69. The summed E-state index contributed by atoms with van der Waals surface area (Å²) in [6.07, 6.45) is 3.07. The minimum Gasteiger partial charge on any atom is -0.331 e. The van der Waals surface area contributed by atoms with Crippen LogP contribution in [0.25, 0.3) is 0 Å². The normalized spacial score (nSPS) is 15.7. The van der Waals surface area contributed by atoms with E-state index < -0.39 is 0 Å². The van der Waals surface area contributed by atoms with Crippen LogP contribution >= 0.6 is 0 Å². The molecule has 6 heteroatoms. The van der Waals surface area contributed by atoms with E-state index in [9.17, 15) is 9.59 Å². The summed E-state index contributed by atoms with van der Waals surface area (Å²) in [5, 5.41) is 2.86. The van der Waals surface area contributed by atoms with Crippen LogP contribution in [0.5, 0.6) is 0 Å². The van der Waals surface area contributed by atoms with Gasteiger partial charge in [0.05, 0.1) is 0 Å². The number of anilines is 1. The van der Waals surface area contributed by atoms with Crippen LogP contribution < -0.4 is 5.32 Å². The van der Waals surface area contributed by atoms with Crippen molar-refractivity contribution in [2.45, 2.75) is 19.8 Å². The van der Waals surface area contributed by atoms with E-state index in [1.54, 1.807) is 30.1 Å². The van der Waals surface area contributed by atoms with Gasteiger partial charge in [-0.15, -0.1) is 0 Å². The highest BCUT2D eigenvalue weighted by molar-refractivity contribution is 5.91. The van der Waals surface area contributed by atoms with E-state index >= 15 is 0 Å². The SMILES string of the molecule is Cc1ccnc(NC(=O)C2CCN(C(=O)N(C)C)CC2)c1. The maximum absolute atomic E-state index is 12.2. The highest BCUT2D eigenvalue weighted by atomic mass is 16.2. The fraction of sp³-hybridized carbons (Fsp3) is 0.533. The van der Waals surface area contributed by atoms with E-state index in [1.165, 1.54) is 0 Å². The van der Waals surface area contributed by atoms with Crippen molar-refractivity contribution in [3.63, 3.8) is 0 Å². The number of piperidine rings is 1. The molecule has 0 unspecified atom stereocenters. The predicted molar refractivity (Wildman–Crippen MR) is 81.0 cm³/mol. The van der Waals surface area contributed by atoms with Crippen molar-refractivity contribution in [3.05, 3.63) is 23.9 Å². The Kier molecular flexibility index (Phi) is 4.77. The number of hydrogen-bond acceptors (Lipinski definition) is 3. The molecule has 0 aliphatic carbocycles. The topological polar surface area (TPSA) is 65.5 Å². The highest BCUT2D eigenvalue weighted by Crippen LogP contribution is 2.19. The van der Waals surface area contributed by atoms with Crippen LogP contribution in [0.4, 0.5) is 10.6 Å². The molecule has 0 radical (unpaired) electrons. The molecule has 0 spiro atoms.